The first-order valence-electron chi connectivity index (χ1n) is 8.79. The first kappa shape index (κ1) is 17.0. The molecule has 4 aromatic heterocycles. The van der Waals surface area contributed by atoms with E-state index >= 15 is 0 Å². The van der Waals surface area contributed by atoms with Crippen LogP contribution in [0.5, 0.6) is 5.75 Å². The maximum Gasteiger partial charge on any atom is 0.412 e. The zero-order chi connectivity index (χ0) is 18.9. The minimum atomic E-state index is -0.449. The van der Waals surface area contributed by atoms with Gasteiger partial charge in [-0.3, -0.25) is 5.10 Å². The van der Waals surface area contributed by atoms with Crippen molar-refractivity contribution in [2.75, 3.05) is 6.54 Å². The first-order chi connectivity index (χ1) is 13.8. The van der Waals surface area contributed by atoms with Gasteiger partial charge in [0.25, 0.3) is 0 Å². The van der Waals surface area contributed by atoms with Crippen molar-refractivity contribution < 1.29 is 9.53 Å². The SMILES string of the molecule is O=C(NCCc1cccs1)Oc1ccc2cc(-c3n[nH]c4ccsc34)[nH]c2c1. The highest BCUT2D eigenvalue weighted by molar-refractivity contribution is 7.17. The van der Waals surface area contributed by atoms with Gasteiger partial charge in [-0.1, -0.05) is 6.07 Å². The van der Waals surface area contributed by atoms with Crippen molar-refractivity contribution in [2.45, 2.75) is 6.42 Å². The molecule has 140 valence electrons. The van der Waals surface area contributed by atoms with Crippen LogP contribution >= 0.6 is 22.7 Å². The van der Waals surface area contributed by atoms with Crippen LogP contribution in [0.3, 0.4) is 0 Å². The third-order valence-electron chi connectivity index (χ3n) is 4.45. The van der Waals surface area contributed by atoms with Crippen LogP contribution in [-0.4, -0.2) is 27.8 Å². The average molecular weight is 409 g/mol. The smallest absolute Gasteiger partial charge is 0.410 e. The van der Waals surface area contributed by atoms with Gasteiger partial charge in [-0.25, -0.2) is 4.79 Å². The van der Waals surface area contributed by atoms with Crippen molar-refractivity contribution in [1.29, 1.82) is 0 Å². The quantitative estimate of drug-likeness (QED) is 0.375. The normalized spacial score (nSPS) is 11.3. The lowest BCUT2D eigenvalue weighted by Crippen LogP contribution is -2.28. The molecule has 0 saturated heterocycles. The van der Waals surface area contributed by atoms with Gasteiger partial charge in [0.15, 0.2) is 0 Å². The summed E-state index contributed by atoms with van der Waals surface area (Å²) in [5.41, 5.74) is 3.75. The minimum absolute atomic E-state index is 0.449. The van der Waals surface area contributed by atoms with Crippen molar-refractivity contribution in [3.63, 3.8) is 0 Å². The van der Waals surface area contributed by atoms with Crippen molar-refractivity contribution in [3.05, 3.63) is 58.1 Å². The molecule has 0 atom stereocenters. The Hall–Kier alpha value is -3.10. The number of H-pyrrole nitrogens is 2. The molecule has 6 nitrogen and oxygen atoms in total. The summed E-state index contributed by atoms with van der Waals surface area (Å²) in [6, 6.07) is 13.7. The van der Waals surface area contributed by atoms with Gasteiger partial charge in [0.2, 0.25) is 0 Å². The molecule has 0 radical (unpaired) electrons. The van der Waals surface area contributed by atoms with E-state index in [0.29, 0.717) is 12.3 Å². The van der Waals surface area contributed by atoms with Gasteiger partial charge in [-0.2, -0.15) is 5.10 Å². The highest BCUT2D eigenvalue weighted by Crippen LogP contribution is 2.32. The zero-order valence-corrected chi connectivity index (χ0v) is 16.3. The van der Waals surface area contributed by atoms with E-state index < -0.39 is 6.09 Å². The van der Waals surface area contributed by atoms with Crippen molar-refractivity contribution in [3.8, 4) is 17.1 Å². The van der Waals surface area contributed by atoms with Crippen molar-refractivity contribution >= 4 is 49.9 Å². The number of thiophene rings is 2. The lowest BCUT2D eigenvalue weighted by Gasteiger charge is -2.06. The maximum atomic E-state index is 12.0. The fraction of sp³-hybridized carbons (Fsp3) is 0.100. The Balaban J connectivity index is 1.29. The monoisotopic (exact) mass is 408 g/mol. The van der Waals surface area contributed by atoms with Crippen LogP contribution in [0.4, 0.5) is 4.79 Å². The van der Waals surface area contributed by atoms with Crippen molar-refractivity contribution in [1.82, 2.24) is 20.5 Å². The predicted molar refractivity (Wildman–Crippen MR) is 113 cm³/mol. The Kier molecular flexibility index (Phi) is 4.34. The number of hydrogen-bond acceptors (Lipinski definition) is 5. The molecular formula is C20H16N4O2S2. The number of aromatic nitrogens is 3. The second-order valence-electron chi connectivity index (χ2n) is 6.31. The van der Waals surface area contributed by atoms with Crippen LogP contribution in [0.15, 0.2) is 53.2 Å². The van der Waals surface area contributed by atoms with Crippen molar-refractivity contribution in [2.24, 2.45) is 0 Å². The number of amides is 1. The van der Waals surface area contributed by atoms with E-state index in [2.05, 4.69) is 32.6 Å². The van der Waals surface area contributed by atoms with E-state index in [1.54, 1.807) is 28.7 Å². The third-order valence-corrected chi connectivity index (χ3v) is 6.31. The standard InChI is InChI=1S/C20H16N4O2S2/c25-20(21-7-5-14-2-1-8-27-14)26-13-4-3-12-10-17(22-16(12)11-13)18-19-15(23-24-18)6-9-28-19/h1-4,6,8-11,22H,5,7H2,(H,21,25)(H,23,24). The molecule has 0 spiro atoms. The van der Waals surface area contributed by atoms with Gasteiger partial charge in [-0.15, -0.1) is 22.7 Å². The maximum absolute atomic E-state index is 12.0. The van der Waals surface area contributed by atoms with E-state index in [-0.39, 0.29) is 0 Å². The number of aromatic amines is 2. The number of nitrogens with one attached hydrogen (secondary N) is 3. The molecule has 5 aromatic rings. The number of ether oxygens (including phenoxy) is 1. The first-order valence-corrected chi connectivity index (χ1v) is 10.5. The second kappa shape index (κ2) is 7.14. The summed E-state index contributed by atoms with van der Waals surface area (Å²) in [6.45, 7) is 0.546. The summed E-state index contributed by atoms with van der Waals surface area (Å²) < 4.78 is 6.53. The van der Waals surface area contributed by atoms with E-state index in [4.69, 9.17) is 4.74 Å². The molecule has 0 unspecified atom stereocenters. The zero-order valence-electron chi connectivity index (χ0n) is 14.7. The topological polar surface area (TPSA) is 82.8 Å². The second-order valence-corrected chi connectivity index (χ2v) is 8.26. The fourth-order valence-corrected chi connectivity index (χ4v) is 4.67. The van der Waals surface area contributed by atoms with Crippen LogP contribution < -0.4 is 10.1 Å². The Morgan fingerprint density at radius 3 is 2.96 bits per heavy atom. The predicted octanol–water partition coefficient (Wildman–Crippen LogP) is 5.17. The molecule has 0 fully saturated rings. The molecule has 4 heterocycles. The Labute approximate surface area is 168 Å². The summed E-state index contributed by atoms with van der Waals surface area (Å²) >= 11 is 3.33. The molecule has 0 aliphatic rings. The Bertz CT molecular complexity index is 1250. The van der Waals surface area contributed by atoms with Crippen LogP contribution in [0.1, 0.15) is 4.88 Å². The van der Waals surface area contributed by atoms with Crippen LogP contribution in [0, 0.1) is 0 Å². The molecule has 0 aliphatic heterocycles. The number of carbonyl (C=O) groups excluding carboxylic acids is 1. The minimum Gasteiger partial charge on any atom is -0.410 e. The summed E-state index contributed by atoms with van der Waals surface area (Å²) in [5, 5.41) is 15.3. The van der Waals surface area contributed by atoms with Gasteiger partial charge in [0.1, 0.15) is 11.4 Å². The number of benzene rings is 1. The summed E-state index contributed by atoms with van der Waals surface area (Å²) in [4.78, 5) is 16.6. The fourth-order valence-electron chi connectivity index (χ4n) is 3.11. The highest BCUT2D eigenvalue weighted by Gasteiger charge is 2.13. The largest absolute Gasteiger partial charge is 0.412 e. The van der Waals surface area contributed by atoms with E-state index in [1.807, 2.05) is 35.0 Å². The molecule has 8 heteroatoms. The molecular weight excluding hydrogens is 392 g/mol. The Morgan fingerprint density at radius 2 is 2.07 bits per heavy atom. The molecule has 0 saturated carbocycles. The van der Waals surface area contributed by atoms with E-state index in [0.717, 1.165) is 38.9 Å². The molecule has 1 aromatic carbocycles. The molecule has 1 amide bonds. The van der Waals surface area contributed by atoms with E-state index in [1.165, 1.54) is 4.88 Å². The van der Waals surface area contributed by atoms with Gasteiger partial charge in [0, 0.05) is 28.4 Å². The lowest BCUT2D eigenvalue weighted by atomic mass is 10.2. The van der Waals surface area contributed by atoms with E-state index in [9.17, 15) is 4.79 Å². The number of nitrogens with zero attached hydrogens (tertiary/aromatic N) is 1. The molecule has 0 bridgehead atoms. The molecule has 5 rings (SSSR count). The Morgan fingerprint density at radius 1 is 1.11 bits per heavy atom. The van der Waals surface area contributed by atoms with Gasteiger partial charge >= 0.3 is 6.09 Å². The van der Waals surface area contributed by atoms with Gasteiger partial charge in [0.05, 0.1) is 15.9 Å². The van der Waals surface area contributed by atoms with Crippen LogP contribution in [0.25, 0.3) is 32.5 Å². The number of carbonyl (C=O) groups is 1. The molecule has 28 heavy (non-hydrogen) atoms. The highest BCUT2D eigenvalue weighted by atomic mass is 32.1. The number of fused-ring (bicyclic) bond motifs is 2. The number of rotatable bonds is 5. The summed E-state index contributed by atoms with van der Waals surface area (Å²) in [6.07, 6.45) is 0.349. The number of hydrogen-bond donors (Lipinski definition) is 3. The molecule has 0 aliphatic carbocycles. The van der Waals surface area contributed by atoms with Gasteiger partial charge < -0.3 is 15.0 Å². The molecule has 3 N–H and O–H groups in total. The lowest BCUT2D eigenvalue weighted by molar-refractivity contribution is 0.200. The summed E-state index contributed by atoms with van der Waals surface area (Å²) in [5.74, 6) is 0.498. The van der Waals surface area contributed by atoms with Crippen LogP contribution in [0.2, 0.25) is 0 Å². The van der Waals surface area contributed by atoms with Crippen LogP contribution in [-0.2, 0) is 6.42 Å². The third kappa shape index (κ3) is 3.28. The van der Waals surface area contributed by atoms with Gasteiger partial charge in [-0.05, 0) is 47.5 Å². The summed E-state index contributed by atoms with van der Waals surface area (Å²) in [7, 11) is 0. The average Bonchev–Trinajstić information content (AvgIpc) is 3.45.